The molecule has 2 aromatic rings. The Labute approximate surface area is 158 Å². The molecule has 142 valence electrons. The molecule has 2 atom stereocenters. The van der Waals surface area contributed by atoms with Crippen LogP contribution in [0.2, 0.25) is 0 Å². The molecule has 6 nitrogen and oxygen atoms in total. The van der Waals surface area contributed by atoms with Crippen LogP contribution >= 0.6 is 11.8 Å². The molecule has 1 aromatic heterocycles. The maximum Gasteiger partial charge on any atom is 0.233 e. The molecular formula is C18H25N3O3S2. The molecule has 0 saturated carbocycles. The van der Waals surface area contributed by atoms with Gasteiger partial charge in [-0.2, -0.15) is 0 Å². The number of thioether (sulfide) groups is 1. The fourth-order valence-electron chi connectivity index (χ4n) is 3.37. The zero-order valence-electron chi connectivity index (χ0n) is 15.4. The zero-order chi connectivity index (χ0) is 18.9. The van der Waals surface area contributed by atoms with Crippen LogP contribution in [-0.2, 0) is 14.6 Å². The van der Waals surface area contributed by atoms with E-state index in [9.17, 15) is 13.2 Å². The maximum absolute atomic E-state index is 12.9. The summed E-state index contributed by atoms with van der Waals surface area (Å²) in [5.74, 6) is 0.480. The minimum absolute atomic E-state index is 0.0249. The van der Waals surface area contributed by atoms with E-state index in [0.29, 0.717) is 11.6 Å². The third-order valence-corrected chi connectivity index (χ3v) is 7.51. The number of benzene rings is 1. The number of amides is 1. The van der Waals surface area contributed by atoms with E-state index in [-0.39, 0.29) is 35.2 Å². The van der Waals surface area contributed by atoms with Crippen molar-refractivity contribution in [3.63, 3.8) is 0 Å². The van der Waals surface area contributed by atoms with Crippen LogP contribution in [-0.4, -0.2) is 58.5 Å². The molecule has 1 fully saturated rings. The molecule has 1 N–H and O–H groups in total. The number of aromatic amines is 1. The van der Waals surface area contributed by atoms with Crippen molar-refractivity contribution >= 4 is 38.5 Å². The van der Waals surface area contributed by atoms with Gasteiger partial charge in [-0.1, -0.05) is 24.8 Å². The lowest BCUT2D eigenvalue weighted by molar-refractivity contribution is -0.132. The molecule has 0 spiro atoms. The second kappa shape index (κ2) is 7.60. The number of carbonyl (C=O) groups excluding carboxylic acids is 1. The largest absolute Gasteiger partial charge is 0.335 e. The number of imidazole rings is 1. The molecule has 1 aromatic carbocycles. The lowest BCUT2D eigenvalue weighted by atomic mass is 10.1. The summed E-state index contributed by atoms with van der Waals surface area (Å²) >= 11 is 1.37. The van der Waals surface area contributed by atoms with E-state index >= 15 is 0 Å². The van der Waals surface area contributed by atoms with Crippen molar-refractivity contribution in [1.82, 2.24) is 14.9 Å². The van der Waals surface area contributed by atoms with Gasteiger partial charge in [-0.25, -0.2) is 13.4 Å². The smallest absolute Gasteiger partial charge is 0.233 e. The maximum atomic E-state index is 12.9. The zero-order valence-corrected chi connectivity index (χ0v) is 17.0. The van der Waals surface area contributed by atoms with Crippen molar-refractivity contribution in [3.05, 3.63) is 23.8 Å². The Bertz CT molecular complexity index is 908. The van der Waals surface area contributed by atoms with Gasteiger partial charge in [0, 0.05) is 12.1 Å². The van der Waals surface area contributed by atoms with Crippen molar-refractivity contribution in [1.29, 1.82) is 0 Å². The summed E-state index contributed by atoms with van der Waals surface area (Å²) < 4.78 is 23.7. The van der Waals surface area contributed by atoms with E-state index < -0.39 is 9.84 Å². The normalized spacial score (nSPS) is 20.3. The number of aryl methyl sites for hydroxylation is 1. The molecule has 0 unspecified atom stereocenters. The van der Waals surface area contributed by atoms with Gasteiger partial charge >= 0.3 is 0 Å². The van der Waals surface area contributed by atoms with Gasteiger partial charge in [-0.3, -0.25) is 4.79 Å². The minimum Gasteiger partial charge on any atom is -0.335 e. The molecule has 26 heavy (non-hydrogen) atoms. The Hall–Kier alpha value is -1.54. The van der Waals surface area contributed by atoms with E-state index in [4.69, 9.17) is 0 Å². The first kappa shape index (κ1) is 19.2. The Morgan fingerprint density at radius 2 is 2.23 bits per heavy atom. The number of carbonyl (C=O) groups is 1. The molecule has 0 bridgehead atoms. The minimum atomic E-state index is -3.02. The van der Waals surface area contributed by atoms with Crippen LogP contribution in [0.25, 0.3) is 11.0 Å². The average Bonchev–Trinajstić information content (AvgIpc) is 3.15. The third kappa shape index (κ3) is 4.23. The number of hydrogen-bond donors (Lipinski definition) is 1. The number of nitrogens with one attached hydrogen (secondary N) is 1. The van der Waals surface area contributed by atoms with Crippen LogP contribution in [0.4, 0.5) is 0 Å². The SMILES string of the molecule is CC[C@H](C)N(C(=O)CSc1nc2ccc(C)cc2[nH]1)[C@@H]1CCS(=O)(=O)C1. The Kier molecular flexibility index (Phi) is 5.62. The molecular weight excluding hydrogens is 370 g/mol. The third-order valence-electron chi connectivity index (χ3n) is 4.90. The molecule has 1 aliphatic heterocycles. The molecule has 0 aliphatic carbocycles. The van der Waals surface area contributed by atoms with Crippen molar-refractivity contribution in [2.45, 2.75) is 50.9 Å². The number of nitrogens with zero attached hydrogens (tertiary/aromatic N) is 2. The van der Waals surface area contributed by atoms with Gasteiger partial charge in [-0.15, -0.1) is 0 Å². The van der Waals surface area contributed by atoms with Crippen LogP contribution in [0, 0.1) is 6.92 Å². The van der Waals surface area contributed by atoms with Gasteiger partial charge in [0.15, 0.2) is 15.0 Å². The van der Waals surface area contributed by atoms with Gasteiger partial charge < -0.3 is 9.88 Å². The summed E-state index contributed by atoms with van der Waals surface area (Å²) in [6.07, 6.45) is 1.34. The van der Waals surface area contributed by atoms with Crippen molar-refractivity contribution in [2.75, 3.05) is 17.3 Å². The van der Waals surface area contributed by atoms with E-state index in [1.54, 1.807) is 4.90 Å². The van der Waals surface area contributed by atoms with E-state index in [1.165, 1.54) is 11.8 Å². The topological polar surface area (TPSA) is 83.1 Å². The predicted molar refractivity (Wildman–Crippen MR) is 105 cm³/mol. The van der Waals surface area contributed by atoms with Crippen LogP contribution in [0.1, 0.15) is 32.3 Å². The van der Waals surface area contributed by atoms with Crippen molar-refractivity contribution < 1.29 is 13.2 Å². The average molecular weight is 396 g/mol. The summed E-state index contributed by atoms with van der Waals surface area (Å²) in [7, 11) is -3.02. The van der Waals surface area contributed by atoms with Crippen molar-refractivity contribution in [2.24, 2.45) is 0 Å². The van der Waals surface area contributed by atoms with E-state index in [1.807, 2.05) is 39.0 Å². The standard InChI is InChI=1S/C18H25N3O3S2/c1-4-13(3)21(14-7-8-26(23,24)11-14)17(22)10-25-18-19-15-6-5-12(2)9-16(15)20-18/h5-6,9,13-14H,4,7-8,10-11H2,1-3H3,(H,19,20)/t13-,14+/m0/s1. The molecule has 2 heterocycles. The Morgan fingerprint density at radius 3 is 2.88 bits per heavy atom. The summed E-state index contributed by atoms with van der Waals surface area (Å²) in [4.78, 5) is 22.4. The summed E-state index contributed by atoms with van der Waals surface area (Å²) in [6.45, 7) is 6.02. The molecule has 8 heteroatoms. The first-order valence-electron chi connectivity index (χ1n) is 8.90. The van der Waals surface area contributed by atoms with Crippen LogP contribution in [0.15, 0.2) is 23.4 Å². The number of fused-ring (bicyclic) bond motifs is 1. The number of H-pyrrole nitrogens is 1. The van der Waals surface area contributed by atoms with E-state index in [0.717, 1.165) is 23.0 Å². The lowest BCUT2D eigenvalue weighted by Gasteiger charge is -2.33. The summed E-state index contributed by atoms with van der Waals surface area (Å²) in [6, 6.07) is 5.82. The fourth-order valence-corrected chi connectivity index (χ4v) is 5.84. The number of aromatic nitrogens is 2. The first-order chi connectivity index (χ1) is 12.3. The van der Waals surface area contributed by atoms with Crippen LogP contribution in [0.3, 0.4) is 0 Å². The van der Waals surface area contributed by atoms with Gasteiger partial charge in [0.25, 0.3) is 0 Å². The number of hydrogen-bond acceptors (Lipinski definition) is 5. The lowest BCUT2D eigenvalue weighted by Crippen LogP contribution is -2.47. The van der Waals surface area contributed by atoms with Gasteiger partial charge in [0.1, 0.15) is 0 Å². The highest BCUT2D eigenvalue weighted by Crippen LogP contribution is 2.25. The van der Waals surface area contributed by atoms with Crippen molar-refractivity contribution in [3.8, 4) is 0 Å². The number of sulfone groups is 1. The van der Waals surface area contributed by atoms with Crippen LogP contribution < -0.4 is 0 Å². The predicted octanol–water partition coefficient (Wildman–Crippen LogP) is 2.78. The quantitative estimate of drug-likeness (QED) is 0.761. The van der Waals surface area contributed by atoms with E-state index in [2.05, 4.69) is 9.97 Å². The van der Waals surface area contributed by atoms with Gasteiger partial charge in [-0.05, 0) is 44.4 Å². The highest BCUT2D eigenvalue weighted by molar-refractivity contribution is 7.99. The molecule has 3 rings (SSSR count). The molecule has 1 saturated heterocycles. The van der Waals surface area contributed by atoms with Gasteiger partial charge in [0.05, 0.1) is 28.3 Å². The molecule has 1 amide bonds. The number of rotatable bonds is 6. The second-order valence-corrected chi connectivity index (χ2v) is 10.2. The summed E-state index contributed by atoms with van der Waals surface area (Å²) in [5.41, 5.74) is 2.99. The monoisotopic (exact) mass is 395 g/mol. The molecule has 0 radical (unpaired) electrons. The molecule has 1 aliphatic rings. The first-order valence-corrected chi connectivity index (χ1v) is 11.7. The summed E-state index contributed by atoms with van der Waals surface area (Å²) in [5, 5.41) is 0.710. The second-order valence-electron chi connectivity index (χ2n) is 6.97. The van der Waals surface area contributed by atoms with Crippen LogP contribution in [0.5, 0.6) is 0 Å². The highest BCUT2D eigenvalue weighted by atomic mass is 32.2. The highest BCUT2D eigenvalue weighted by Gasteiger charge is 2.36. The Balaban J connectivity index is 1.70. The fraction of sp³-hybridized carbons (Fsp3) is 0.556. The Morgan fingerprint density at radius 1 is 1.46 bits per heavy atom. The van der Waals surface area contributed by atoms with Gasteiger partial charge in [0.2, 0.25) is 5.91 Å².